The zero-order valence-electron chi connectivity index (χ0n) is 27.2. The largest absolute Gasteiger partial charge is 3.00 e. The number of rotatable bonds is 5. The smallest absolute Gasteiger partial charge is 0.872 e. The predicted octanol–water partition coefficient (Wildman–Crippen LogP) is -1.13. The molecule has 0 aliphatic rings. The first kappa shape index (κ1) is 54.2. The number of aliphatic carboxylic acids is 3. The number of nitrogens with zero attached hydrogens (tertiary/aromatic N) is 2. The van der Waals surface area contributed by atoms with E-state index in [-0.39, 0.29) is 56.3 Å². The molecule has 45 heavy (non-hydrogen) atoms. The van der Waals surface area contributed by atoms with Gasteiger partial charge in [-0.3, -0.25) is 9.98 Å². The number of para-hydroxylation sites is 2. The summed E-state index contributed by atoms with van der Waals surface area (Å²) in [6.45, 7) is 15.4. The van der Waals surface area contributed by atoms with Crippen LogP contribution in [0.15, 0.2) is 58.5 Å². The normalized spacial score (nSPS) is 10.3. The van der Waals surface area contributed by atoms with Crippen molar-refractivity contribution in [2.24, 2.45) is 26.2 Å². The molecular weight excluding hydrogens is 671 g/mol. The standard InChI is InChI=1S/C16H16N2O2.3C5H10O2.Cr.Ni.2H2O/c19-15-7-3-1-5-13(15)11-17-9-10-18-12-14-6-2-4-8-16(14)20;3*1-5(2,3)4(6)7;;;;/h1-8,11-12,19-20H,9-10H2;3*1-3H3,(H,6,7);;;2*1H2/q;;;;+3;+2;;/p-3. The van der Waals surface area contributed by atoms with Crippen molar-refractivity contribution in [1.82, 2.24) is 0 Å². The Labute approximate surface area is 287 Å². The number of hydrogen-bond donors (Lipinski definition) is 0. The van der Waals surface area contributed by atoms with Gasteiger partial charge in [0.15, 0.2) is 0 Å². The molecule has 0 unspecified atom stereocenters. The molecular formula is C31H47CrN2NiO10+2. The van der Waals surface area contributed by atoms with Crippen LogP contribution in [0.25, 0.3) is 0 Å². The second-order valence-electron chi connectivity index (χ2n) is 11.8. The Hall–Kier alpha value is -3.26. The van der Waals surface area contributed by atoms with E-state index < -0.39 is 34.2 Å². The van der Waals surface area contributed by atoms with Crippen molar-refractivity contribution < 1.29 is 84.7 Å². The van der Waals surface area contributed by atoms with Gasteiger partial charge in [-0.05, 0) is 11.1 Å². The van der Waals surface area contributed by atoms with Crippen molar-refractivity contribution in [2.45, 2.75) is 62.3 Å². The van der Waals surface area contributed by atoms with Crippen LogP contribution >= 0.6 is 0 Å². The molecule has 0 saturated heterocycles. The summed E-state index contributed by atoms with van der Waals surface area (Å²) in [5.41, 5.74) is -0.942. The number of hydrogen-bond acceptors (Lipinski definition) is 10. The fourth-order valence-electron chi connectivity index (χ4n) is 1.62. The molecule has 0 saturated carbocycles. The fraction of sp³-hybridized carbons (Fsp3) is 0.452. The van der Waals surface area contributed by atoms with Crippen molar-refractivity contribution in [3.63, 3.8) is 0 Å². The quantitative estimate of drug-likeness (QED) is 0.158. The maximum absolute atomic E-state index is 11.4. The molecule has 255 valence electrons. The summed E-state index contributed by atoms with van der Waals surface area (Å²) in [7, 11) is 0. The predicted molar refractivity (Wildman–Crippen MR) is 160 cm³/mol. The Morgan fingerprint density at radius 2 is 0.778 bits per heavy atom. The monoisotopic (exact) mass is 717 g/mol. The molecule has 1 radical (unpaired) electrons. The van der Waals surface area contributed by atoms with Gasteiger partial charge in [0.05, 0.1) is 13.1 Å². The van der Waals surface area contributed by atoms with Gasteiger partial charge >= 0.3 is 33.9 Å². The van der Waals surface area contributed by atoms with E-state index in [9.17, 15) is 39.9 Å². The molecule has 0 amide bonds. The first-order valence-corrected chi connectivity index (χ1v) is 12.8. The second kappa shape index (κ2) is 26.0. The van der Waals surface area contributed by atoms with Crippen molar-refractivity contribution in [3.8, 4) is 11.5 Å². The minimum atomic E-state index is -1.01. The zero-order valence-corrected chi connectivity index (χ0v) is 29.5. The van der Waals surface area contributed by atoms with E-state index in [0.717, 1.165) is 0 Å². The Balaban J connectivity index is -0.000000128. The minimum Gasteiger partial charge on any atom is -0.872 e. The molecule has 2 aromatic rings. The van der Waals surface area contributed by atoms with Crippen LogP contribution in [-0.4, -0.2) is 43.4 Å². The Bertz CT molecular complexity index is 1060. The van der Waals surface area contributed by atoms with Crippen LogP contribution in [-0.2, 0) is 59.2 Å². The number of carbonyl (C=O) groups excluding carboxylic acids is 3. The van der Waals surface area contributed by atoms with Crippen molar-refractivity contribution in [2.75, 3.05) is 13.1 Å². The van der Waals surface area contributed by atoms with Gasteiger partial charge in [-0.15, -0.1) is 11.5 Å². The molecule has 0 aliphatic carbocycles. The number of carboxylic acid groups (broad SMARTS) is 3. The molecule has 2 aromatic carbocycles. The van der Waals surface area contributed by atoms with E-state index >= 15 is 0 Å². The Morgan fingerprint density at radius 3 is 0.956 bits per heavy atom. The van der Waals surface area contributed by atoms with Crippen LogP contribution in [0.1, 0.15) is 73.4 Å². The summed E-state index contributed by atoms with van der Waals surface area (Å²) in [6, 6.07) is 13.5. The van der Waals surface area contributed by atoms with E-state index in [0.29, 0.717) is 24.2 Å². The van der Waals surface area contributed by atoms with Gasteiger partial charge in [-0.1, -0.05) is 111 Å². The molecule has 0 aliphatic heterocycles. The topological polar surface area (TPSA) is 257 Å². The number of carboxylic acids is 3. The van der Waals surface area contributed by atoms with Gasteiger partial charge in [-0.25, -0.2) is 0 Å². The number of benzene rings is 2. The molecule has 0 fully saturated rings. The summed E-state index contributed by atoms with van der Waals surface area (Å²) in [5, 5.41) is 52.5. The van der Waals surface area contributed by atoms with E-state index in [1.54, 1.807) is 111 Å². The zero-order chi connectivity index (χ0) is 32.4. The molecule has 12 nitrogen and oxygen atoms in total. The fourth-order valence-corrected chi connectivity index (χ4v) is 1.62. The van der Waals surface area contributed by atoms with E-state index in [1.807, 2.05) is 0 Å². The second-order valence-corrected chi connectivity index (χ2v) is 11.8. The number of aliphatic imine (C=N–C) groups is 2. The van der Waals surface area contributed by atoms with Gasteiger partial charge in [0, 0.05) is 46.6 Å². The summed E-state index contributed by atoms with van der Waals surface area (Å²) in [5.74, 6) is -3.10. The average molecular weight is 718 g/mol. The van der Waals surface area contributed by atoms with E-state index in [1.165, 1.54) is 12.1 Å². The van der Waals surface area contributed by atoms with Crippen molar-refractivity contribution in [3.05, 3.63) is 59.7 Å². The van der Waals surface area contributed by atoms with Crippen LogP contribution in [0.2, 0.25) is 0 Å². The van der Waals surface area contributed by atoms with Crippen LogP contribution in [0.5, 0.6) is 11.5 Å². The third kappa shape index (κ3) is 29.2. The molecule has 0 bridgehead atoms. The first-order valence-electron chi connectivity index (χ1n) is 12.8. The van der Waals surface area contributed by atoms with Crippen LogP contribution in [0, 0.1) is 16.2 Å². The molecule has 14 heteroatoms. The molecule has 0 atom stereocenters. The Kier molecular flexibility index (Phi) is 31.3. The number of carbonyl (C=O) groups is 3. The molecule has 0 aromatic heterocycles. The summed E-state index contributed by atoms with van der Waals surface area (Å²) < 4.78 is 0. The molecule has 0 spiro atoms. The van der Waals surface area contributed by atoms with Crippen molar-refractivity contribution in [1.29, 1.82) is 0 Å². The first-order chi connectivity index (χ1) is 18.6. The Morgan fingerprint density at radius 1 is 0.578 bits per heavy atom. The van der Waals surface area contributed by atoms with Gasteiger partial charge in [-0.2, -0.15) is 0 Å². The molecule has 0 heterocycles. The third-order valence-electron chi connectivity index (χ3n) is 4.49. The molecule has 2 rings (SSSR count). The van der Waals surface area contributed by atoms with Gasteiger partial charge in [0.25, 0.3) is 0 Å². The SMILES string of the molecule is CC(C)(C)C(=O)[O-].CC(C)(C)C(=O)[O-].CC(C)(C)C(=O)[O-].[Cr+3].[Ni+2].[O-]c1ccccc1C=NCCN=Cc1ccccc1[O-].[OH3+].[OH3+]. The molecule has 6 N–H and O–H groups in total. The van der Waals surface area contributed by atoms with Crippen LogP contribution < -0.4 is 25.5 Å². The van der Waals surface area contributed by atoms with Crippen molar-refractivity contribution >= 4 is 30.3 Å². The third-order valence-corrected chi connectivity index (χ3v) is 4.49. The van der Waals surface area contributed by atoms with E-state index in [2.05, 4.69) is 9.98 Å². The van der Waals surface area contributed by atoms with Crippen LogP contribution in [0.3, 0.4) is 0 Å². The van der Waals surface area contributed by atoms with Gasteiger partial charge < -0.3 is 50.9 Å². The summed E-state index contributed by atoms with van der Waals surface area (Å²) >= 11 is 0. The maximum atomic E-state index is 11.4. The van der Waals surface area contributed by atoms with Gasteiger partial charge in [0.1, 0.15) is 0 Å². The van der Waals surface area contributed by atoms with Gasteiger partial charge in [0.2, 0.25) is 0 Å². The maximum Gasteiger partial charge on any atom is 3.00 e. The average Bonchev–Trinajstić information content (AvgIpc) is 2.83. The van der Waals surface area contributed by atoms with E-state index in [4.69, 9.17) is 0 Å². The van der Waals surface area contributed by atoms with Crippen LogP contribution in [0.4, 0.5) is 0 Å². The summed E-state index contributed by atoms with van der Waals surface area (Å²) in [6.07, 6.45) is 3.11. The summed E-state index contributed by atoms with van der Waals surface area (Å²) in [4.78, 5) is 38.0. The minimum absolute atomic E-state index is 0.